The Morgan fingerprint density at radius 2 is 1.71 bits per heavy atom. The van der Waals surface area contributed by atoms with Crippen LogP contribution >= 0.6 is 23.2 Å². The minimum absolute atomic E-state index is 0.0474. The number of hydrogen-bond donors (Lipinski definition) is 3. The first-order valence-corrected chi connectivity index (χ1v) is 11.8. The number of halogens is 2. The van der Waals surface area contributed by atoms with E-state index in [1.807, 2.05) is 20.8 Å². The van der Waals surface area contributed by atoms with E-state index in [9.17, 15) is 19.5 Å². The molecule has 1 aromatic carbocycles. The van der Waals surface area contributed by atoms with Gasteiger partial charge in [-0.3, -0.25) is 19.4 Å². The van der Waals surface area contributed by atoms with Crippen molar-refractivity contribution in [1.29, 1.82) is 0 Å². The van der Waals surface area contributed by atoms with Gasteiger partial charge in [0.25, 0.3) is 0 Å². The Morgan fingerprint density at radius 1 is 1.11 bits per heavy atom. The predicted molar refractivity (Wildman–Crippen MR) is 136 cm³/mol. The van der Waals surface area contributed by atoms with Crippen LogP contribution in [0, 0.1) is 5.41 Å². The summed E-state index contributed by atoms with van der Waals surface area (Å²) >= 11 is 12.0. The fourth-order valence-electron chi connectivity index (χ4n) is 3.12. The number of carbonyl (C=O) groups excluding carboxylic acids is 3. The van der Waals surface area contributed by atoms with Crippen molar-refractivity contribution in [3.63, 3.8) is 0 Å². The Hall–Kier alpha value is -2.36. The van der Waals surface area contributed by atoms with Gasteiger partial charge in [-0.25, -0.2) is 0 Å². The van der Waals surface area contributed by atoms with Gasteiger partial charge in [-0.05, 0) is 45.2 Å². The molecular weight excluding hydrogens is 497 g/mol. The first-order valence-electron chi connectivity index (χ1n) is 11.0. The molecule has 0 spiro atoms. The maximum absolute atomic E-state index is 13.3. The zero-order valence-corrected chi connectivity index (χ0v) is 22.9. The number of amides is 2. The van der Waals surface area contributed by atoms with Crippen molar-refractivity contribution in [2.75, 3.05) is 13.7 Å². The number of benzene rings is 1. The molecule has 0 heterocycles. The van der Waals surface area contributed by atoms with Gasteiger partial charge in [0, 0.05) is 16.8 Å². The average Bonchev–Trinajstić information content (AvgIpc) is 2.70. The average molecular weight is 532 g/mol. The molecule has 0 aliphatic rings. The highest BCUT2D eigenvalue weighted by molar-refractivity contribution is 6.36. The molecule has 3 N–H and O–H groups in total. The van der Waals surface area contributed by atoms with Crippen LogP contribution in [0.25, 0.3) is 0 Å². The van der Waals surface area contributed by atoms with Crippen LogP contribution in [-0.2, 0) is 23.9 Å². The maximum atomic E-state index is 13.3. The van der Waals surface area contributed by atoms with Gasteiger partial charge in [-0.15, -0.1) is 0 Å². The van der Waals surface area contributed by atoms with E-state index in [0.717, 1.165) is 0 Å². The van der Waals surface area contributed by atoms with E-state index in [4.69, 9.17) is 27.9 Å². The Bertz CT molecular complexity index is 954. The van der Waals surface area contributed by atoms with Crippen molar-refractivity contribution >= 4 is 47.2 Å². The van der Waals surface area contributed by atoms with Crippen LogP contribution in [-0.4, -0.2) is 66.5 Å². The number of nitrogens with zero attached hydrogens (tertiary/aromatic N) is 1. The van der Waals surface area contributed by atoms with Crippen molar-refractivity contribution in [3.05, 3.63) is 27.7 Å². The molecule has 0 aliphatic heterocycles. The Balaban J connectivity index is 3.25. The van der Waals surface area contributed by atoms with Crippen molar-refractivity contribution in [3.8, 4) is 5.75 Å². The smallest absolute Gasteiger partial charge is 0.325 e. The van der Waals surface area contributed by atoms with Gasteiger partial charge >= 0.3 is 5.97 Å². The number of phenols is 1. The summed E-state index contributed by atoms with van der Waals surface area (Å²) < 4.78 is 10.5. The number of aliphatic imine (C=N–C) groups is 1. The Kier molecular flexibility index (Phi) is 11.0. The molecule has 3 atom stereocenters. The van der Waals surface area contributed by atoms with Crippen LogP contribution in [0.1, 0.15) is 54.0 Å². The van der Waals surface area contributed by atoms with Gasteiger partial charge in [0.2, 0.25) is 11.8 Å². The van der Waals surface area contributed by atoms with Gasteiger partial charge in [0.05, 0.1) is 23.8 Å². The van der Waals surface area contributed by atoms with E-state index in [1.165, 1.54) is 25.5 Å². The monoisotopic (exact) mass is 531 g/mol. The molecule has 0 fully saturated rings. The Labute approximate surface area is 216 Å². The minimum Gasteiger partial charge on any atom is -0.506 e. The molecule has 0 aliphatic carbocycles. The number of aromatic hydroxyl groups is 1. The molecule has 1 rings (SSSR count). The molecular formula is C24H35Cl2N3O6. The number of esters is 1. The van der Waals surface area contributed by atoms with Crippen LogP contribution in [0.15, 0.2) is 17.1 Å². The largest absolute Gasteiger partial charge is 0.506 e. The zero-order chi connectivity index (χ0) is 27.1. The molecule has 35 heavy (non-hydrogen) atoms. The minimum atomic E-state index is -1.12. The summed E-state index contributed by atoms with van der Waals surface area (Å²) in [5.41, 5.74) is -1.03. The highest BCUT2D eigenvalue weighted by Crippen LogP contribution is 2.31. The molecule has 0 radical (unpaired) electrons. The van der Waals surface area contributed by atoms with E-state index in [0.29, 0.717) is 5.02 Å². The fraction of sp³-hybridized carbons (Fsp3) is 0.583. The number of carbonyl (C=O) groups is 3. The number of nitrogens with one attached hydrogen (secondary N) is 2. The molecule has 9 nitrogen and oxygen atoms in total. The number of ether oxygens (including phenoxy) is 2. The summed E-state index contributed by atoms with van der Waals surface area (Å²) in [7, 11) is 1.20. The Morgan fingerprint density at radius 3 is 2.23 bits per heavy atom. The van der Waals surface area contributed by atoms with Crippen LogP contribution in [0.2, 0.25) is 10.0 Å². The number of phenolic OH excluding ortho intramolecular Hbond substituents is 1. The summed E-state index contributed by atoms with van der Waals surface area (Å²) in [6.07, 6.45) is 0.571. The van der Waals surface area contributed by atoms with Gasteiger partial charge in [0.15, 0.2) is 0 Å². The summed E-state index contributed by atoms with van der Waals surface area (Å²) in [5, 5.41) is 15.7. The van der Waals surface area contributed by atoms with Crippen molar-refractivity contribution in [1.82, 2.24) is 10.6 Å². The third kappa shape index (κ3) is 10.0. The predicted octanol–water partition coefficient (Wildman–Crippen LogP) is 3.51. The first-order chi connectivity index (χ1) is 16.0. The summed E-state index contributed by atoms with van der Waals surface area (Å²) in [4.78, 5) is 42.1. The highest BCUT2D eigenvalue weighted by atomic mass is 35.5. The van der Waals surface area contributed by atoms with E-state index in [1.54, 1.807) is 27.7 Å². The fourth-order valence-corrected chi connectivity index (χ4v) is 3.63. The lowest BCUT2D eigenvalue weighted by Gasteiger charge is -2.33. The standard InChI is InChI=1S/C24H35Cl2N3O6/c1-13(35-24(5,6)7)18(21(32)28-12-17(30)34-8)29-22(33)20(23(2,3)4)27-11-14-9-15(25)10-16(26)19(14)31/h9-11,13,18,20,31H,12H2,1-8H3,(H,28,32)(H,29,33)/t13?,18-,20+/m0/s1. The van der Waals surface area contributed by atoms with Gasteiger partial charge in [-0.1, -0.05) is 44.0 Å². The molecule has 11 heteroatoms. The second kappa shape index (κ2) is 12.6. The van der Waals surface area contributed by atoms with Gasteiger partial charge < -0.3 is 25.2 Å². The zero-order valence-electron chi connectivity index (χ0n) is 21.4. The second-order valence-corrected chi connectivity index (χ2v) is 10.9. The van der Waals surface area contributed by atoms with Crippen molar-refractivity contribution in [2.45, 2.75) is 72.3 Å². The number of methoxy groups -OCH3 is 1. The van der Waals surface area contributed by atoms with E-state index in [2.05, 4.69) is 20.4 Å². The van der Waals surface area contributed by atoms with Crippen molar-refractivity contribution < 1.29 is 29.0 Å². The third-order valence-corrected chi connectivity index (χ3v) is 5.22. The number of hydrogen-bond acceptors (Lipinski definition) is 7. The molecule has 1 aromatic rings. The van der Waals surface area contributed by atoms with E-state index >= 15 is 0 Å². The van der Waals surface area contributed by atoms with Crippen molar-refractivity contribution in [2.24, 2.45) is 10.4 Å². The lowest BCUT2D eigenvalue weighted by Crippen LogP contribution is -2.57. The van der Waals surface area contributed by atoms with Gasteiger partial charge in [-0.2, -0.15) is 0 Å². The third-order valence-electron chi connectivity index (χ3n) is 4.71. The van der Waals surface area contributed by atoms with Gasteiger partial charge in [0.1, 0.15) is 24.4 Å². The maximum Gasteiger partial charge on any atom is 0.325 e. The first kappa shape index (κ1) is 30.7. The second-order valence-electron chi connectivity index (χ2n) is 10.1. The van der Waals surface area contributed by atoms with Crippen LogP contribution in [0.5, 0.6) is 5.75 Å². The molecule has 1 unspecified atom stereocenters. The molecule has 0 aromatic heterocycles. The number of rotatable bonds is 9. The lowest BCUT2D eigenvalue weighted by atomic mass is 9.86. The van der Waals surface area contributed by atoms with Crippen LogP contribution in [0.4, 0.5) is 0 Å². The molecule has 2 amide bonds. The van der Waals surface area contributed by atoms with Crippen LogP contribution in [0.3, 0.4) is 0 Å². The lowest BCUT2D eigenvalue weighted by molar-refractivity contribution is -0.143. The summed E-state index contributed by atoms with van der Waals surface area (Å²) in [5.74, 6) is -2.02. The normalized spacial score (nSPS) is 14.8. The molecule has 0 saturated carbocycles. The van der Waals surface area contributed by atoms with E-state index in [-0.39, 0.29) is 22.9 Å². The quantitative estimate of drug-likeness (QED) is 0.330. The SMILES string of the molecule is COC(=O)CNC(=O)[C@@H](NC(=O)[C@@H](N=Cc1cc(Cl)cc(Cl)c1O)C(C)(C)C)C(C)OC(C)(C)C. The summed E-state index contributed by atoms with van der Waals surface area (Å²) in [6, 6.07) is 0.766. The molecule has 0 saturated heterocycles. The molecule has 196 valence electrons. The van der Waals surface area contributed by atoms with Crippen LogP contribution < -0.4 is 10.6 Å². The molecule has 0 bridgehead atoms. The topological polar surface area (TPSA) is 126 Å². The summed E-state index contributed by atoms with van der Waals surface area (Å²) in [6.45, 7) is 12.2. The van der Waals surface area contributed by atoms with E-state index < -0.39 is 47.0 Å². The highest BCUT2D eigenvalue weighted by Gasteiger charge is 2.36.